The van der Waals surface area contributed by atoms with Crippen molar-refractivity contribution in [3.63, 3.8) is 0 Å². The normalized spacial score (nSPS) is 10.6. The van der Waals surface area contributed by atoms with E-state index in [0.717, 1.165) is 9.35 Å². The number of hydrazone groups is 1. The minimum atomic E-state index is -0.296. The summed E-state index contributed by atoms with van der Waals surface area (Å²) in [6.45, 7) is 0. The van der Waals surface area contributed by atoms with Crippen molar-refractivity contribution in [3.05, 3.63) is 51.1 Å². The second-order valence-electron chi connectivity index (χ2n) is 4.34. The molecule has 0 radical (unpaired) electrons. The highest BCUT2D eigenvalue weighted by molar-refractivity contribution is 9.10. The Morgan fingerprint density at radius 2 is 1.91 bits per heavy atom. The van der Waals surface area contributed by atoms with Gasteiger partial charge in [-0.25, -0.2) is 5.43 Å². The number of thiophene rings is 1. The van der Waals surface area contributed by atoms with Crippen LogP contribution in [0, 0.1) is 0 Å². The van der Waals surface area contributed by atoms with Crippen LogP contribution in [0.5, 0.6) is 0 Å². The third kappa shape index (κ3) is 5.42. The number of rotatable bonds is 6. The molecule has 1 heterocycles. The molecule has 2 N–H and O–H groups in total. The summed E-state index contributed by atoms with van der Waals surface area (Å²) in [6.07, 6.45) is 1.75. The van der Waals surface area contributed by atoms with Crippen LogP contribution in [0.25, 0.3) is 0 Å². The summed E-state index contributed by atoms with van der Waals surface area (Å²) in [6, 6.07) is 11.1. The zero-order chi connectivity index (χ0) is 15.8. The Morgan fingerprint density at radius 3 is 2.64 bits per heavy atom. The molecule has 0 bridgehead atoms. The van der Waals surface area contributed by atoms with E-state index in [1.165, 1.54) is 11.3 Å². The molecule has 2 amide bonds. The molecule has 7 heteroatoms. The van der Waals surface area contributed by atoms with Crippen molar-refractivity contribution in [2.24, 2.45) is 5.10 Å². The maximum atomic E-state index is 11.8. The van der Waals surface area contributed by atoms with E-state index in [1.807, 2.05) is 35.7 Å². The molecule has 0 saturated carbocycles. The maximum Gasteiger partial charge on any atom is 0.240 e. The summed E-state index contributed by atoms with van der Waals surface area (Å²) in [4.78, 5) is 24.3. The monoisotopic (exact) mass is 379 g/mol. The molecule has 0 fully saturated rings. The zero-order valence-corrected chi connectivity index (χ0v) is 14.0. The Balaban J connectivity index is 1.72. The number of hydrogen-bond acceptors (Lipinski definition) is 4. The largest absolute Gasteiger partial charge is 0.325 e. The number of nitrogens with zero attached hydrogens (tertiary/aromatic N) is 1. The molecule has 0 spiro atoms. The molecule has 1 aromatic carbocycles. The van der Waals surface area contributed by atoms with Crippen LogP contribution in [0.15, 0.2) is 51.4 Å². The number of para-hydroxylation sites is 1. The van der Waals surface area contributed by atoms with Gasteiger partial charge in [0.05, 0.1) is 11.9 Å². The predicted molar refractivity (Wildman–Crippen MR) is 92.1 cm³/mol. The van der Waals surface area contributed by atoms with Gasteiger partial charge in [0.15, 0.2) is 0 Å². The molecule has 0 aliphatic carbocycles. The fourth-order valence-electron chi connectivity index (χ4n) is 1.59. The third-order valence-corrected chi connectivity index (χ3v) is 4.15. The minimum absolute atomic E-state index is 0.0814. The molecule has 1 aromatic heterocycles. The van der Waals surface area contributed by atoms with Gasteiger partial charge < -0.3 is 5.32 Å². The lowest BCUT2D eigenvalue weighted by molar-refractivity contribution is -0.124. The molecule has 2 rings (SSSR count). The van der Waals surface area contributed by atoms with Gasteiger partial charge in [-0.05, 0) is 39.5 Å². The summed E-state index contributed by atoms with van der Waals surface area (Å²) in [5.41, 5.74) is 3.08. The van der Waals surface area contributed by atoms with Crippen LogP contribution >= 0.6 is 27.3 Å². The van der Waals surface area contributed by atoms with Crippen LogP contribution in [0.3, 0.4) is 0 Å². The first kappa shape index (κ1) is 16.4. The van der Waals surface area contributed by atoms with E-state index >= 15 is 0 Å². The molecule has 0 unspecified atom stereocenters. The van der Waals surface area contributed by atoms with E-state index in [4.69, 9.17) is 0 Å². The zero-order valence-electron chi connectivity index (χ0n) is 11.6. The smallest absolute Gasteiger partial charge is 0.240 e. The van der Waals surface area contributed by atoms with E-state index in [-0.39, 0.29) is 24.7 Å². The molecule has 114 valence electrons. The number of carbonyl (C=O) groups is 2. The topological polar surface area (TPSA) is 70.6 Å². The van der Waals surface area contributed by atoms with Gasteiger partial charge in [0.1, 0.15) is 0 Å². The Kier molecular flexibility index (Phi) is 6.29. The van der Waals surface area contributed by atoms with E-state index in [1.54, 1.807) is 12.3 Å². The van der Waals surface area contributed by atoms with Crippen molar-refractivity contribution < 1.29 is 9.59 Å². The quantitative estimate of drug-likeness (QED) is 0.596. The van der Waals surface area contributed by atoms with Gasteiger partial charge in [0, 0.05) is 22.2 Å². The van der Waals surface area contributed by atoms with Crippen molar-refractivity contribution in [1.82, 2.24) is 5.43 Å². The lowest BCUT2D eigenvalue weighted by Gasteiger charge is -2.06. The minimum Gasteiger partial charge on any atom is -0.325 e. The van der Waals surface area contributed by atoms with E-state index in [9.17, 15) is 9.59 Å². The second-order valence-corrected chi connectivity index (χ2v) is 6.17. The second kappa shape index (κ2) is 8.45. The summed E-state index contributed by atoms with van der Waals surface area (Å²) in [5.74, 6) is -0.514. The van der Waals surface area contributed by atoms with Crippen LogP contribution < -0.4 is 10.7 Å². The Morgan fingerprint density at radius 1 is 1.14 bits per heavy atom. The van der Waals surface area contributed by atoms with Gasteiger partial charge in [0.25, 0.3) is 0 Å². The van der Waals surface area contributed by atoms with Crippen LogP contribution in [-0.4, -0.2) is 18.0 Å². The Hall–Kier alpha value is -1.99. The molecular formula is C15H14BrN3O2S. The van der Waals surface area contributed by atoms with Crippen LogP contribution in [0.4, 0.5) is 5.69 Å². The molecule has 0 atom stereocenters. The van der Waals surface area contributed by atoms with Crippen molar-refractivity contribution in [2.75, 3.05) is 5.32 Å². The van der Waals surface area contributed by atoms with Gasteiger partial charge in [-0.3, -0.25) is 9.59 Å². The summed E-state index contributed by atoms with van der Waals surface area (Å²) < 4.78 is 0.799. The van der Waals surface area contributed by atoms with Crippen LogP contribution in [0.2, 0.25) is 0 Å². The Labute approximate surface area is 140 Å². The van der Waals surface area contributed by atoms with E-state index < -0.39 is 0 Å². The SMILES string of the molecule is O=C(CCC(=O)Nc1ccccc1Br)NN=Cc1cccs1. The molecule has 2 aromatic rings. The number of nitrogens with one attached hydrogen (secondary N) is 2. The highest BCUT2D eigenvalue weighted by Gasteiger charge is 2.08. The van der Waals surface area contributed by atoms with Gasteiger partial charge in [-0.1, -0.05) is 18.2 Å². The number of amides is 2. The first-order chi connectivity index (χ1) is 10.6. The molecule has 0 aliphatic heterocycles. The van der Waals surface area contributed by atoms with Gasteiger partial charge in [-0.2, -0.15) is 5.10 Å². The molecule has 0 aliphatic rings. The lowest BCUT2D eigenvalue weighted by atomic mass is 10.2. The van der Waals surface area contributed by atoms with Gasteiger partial charge in [0.2, 0.25) is 11.8 Å². The summed E-state index contributed by atoms with van der Waals surface area (Å²) in [5, 5.41) is 8.50. The van der Waals surface area contributed by atoms with Crippen LogP contribution in [0.1, 0.15) is 17.7 Å². The lowest BCUT2D eigenvalue weighted by Crippen LogP contribution is -2.20. The molecule has 22 heavy (non-hydrogen) atoms. The number of benzene rings is 1. The average molecular weight is 380 g/mol. The Bertz CT molecular complexity index is 671. The highest BCUT2D eigenvalue weighted by Crippen LogP contribution is 2.21. The predicted octanol–water partition coefficient (Wildman–Crippen LogP) is 3.38. The average Bonchev–Trinajstić information content (AvgIpc) is 3.01. The first-order valence-corrected chi connectivity index (χ1v) is 8.22. The standard InChI is InChI=1S/C15H14BrN3O2S/c16-12-5-1-2-6-13(12)18-14(20)7-8-15(21)19-17-10-11-4-3-9-22-11/h1-6,9-10H,7-8H2,(H,18,20)(H,19,21). The summed E-state index contributed by atoms with van der Waals surface area (Å²) in [7, 11) is 0. The fraction of sp³-hybridized carbons (Fsp3) is 0.133. The highest BCUT2D eigenvalue weighted by atomic mass is 79.9. The number of anilines is 1. The van der Waals surface area contributed by atoms with E-state index in [0.29, 0.717) is 5.69 Å². The van der Waals surface area contributed by atoms with Crippen molar-refractivity contribution in [1.29, 1.82) is 0 Å². The van der Waals surface area contributed by atoms with E-state index in [2.05, 4.69) is 31.8 Å². The van der Waals surface area contributed by atoms with Crippen molar-refractivity contribution in [3.8, 4) is 0 Å². The first-order valence-electron chi connectivity index (χ1n) is 6.55. The molecule has 0 saturated heterocycles. The van der Waals surface area contributed by atoms with Crippen molar-refractivity contribution in [2.45, 2.75) is 12.8 Å². The fourth-order valence-corrected chi connectivity index (χ4v) is 2.56. The molecule has 5 nitrogen and oxygen atoms in total. The third-order valence-electron chi connectivity index (χ3n) is 2.65. The number of hydrogen-bond donors (Lipinski definition) is 2. The maximum absolute atomic E-state index is 11.8. The van der Waals surface area contributed by atoms with Gasteiger partial charge in [-0.15, -0.1) is 11.3 Å². The van der Waals surface area contributed by atoms with Crippen molar-refractivity contribution >= 4 is 51.0 Å². The van der Waals surface area contributed by atoms with Gasteiger partial charge >= 0.3 is 0 Å². The number of carbonyl (C=O) groups excluding carboxylic acids is 2. The molecular weight excluding hydrogens is 366 g/mol. The summed E-state index contributed by atoms with van der Waals surface area (Å²) >= 11 is 4.87. The number of halogens is 1. The van der Waals surface area contributed by atoms with Crippen LogP contribution in [-0.2, 0) is 9.59 Å².